The Balaban J connectivity index is 2.82. The van der Waals surface area contributed by atoms with Crippen LogP contribution < -0.4 is 0 Å². The minimum absolute atomic E-state index is 0.317. The molecule has 4 heteroatoms. The van der Waals surface area contributed by atoms with Crippen molar-refractivity contribution < 1.29 is 0 Å². The summed E-state index contributed by atoms with van der Waals surface area (Å²) < 4.78 is 0. The molecule has 0 aliphatic rings. The summed E-state index contributed by atoms with van der Waals surface area (Å²) in [6, 6.07) is 0. The molecule has 0 fully saturated rings. The average molecular weight is 273 g/mol. The molecule has 1 aromatic heterocycles. The van der Waals surface area contributed by atoms with Gasteiger partial charge in [-0.05, 0) is 25.0 Å². The Bertz CT molecular complexity index is 378. The number of thioether (sulfide) groups is 1. The lowest BCUT2D eigenvalue weighted by molar-refractivity contribution is 0.631. The number of hydrogen-bond acceptors (Lipinski definition) is 3. The molecule has 96 valence electrons. The fourth-order valence-electron chi connectivity index (χ4n) is 1.28. The highest BCUT2D eigenvalue weighted by Gasteiger charge is 2.12. The normalized spacial score (nSPS) is 11.5. The standard InChI is InChI=1S/C13H21ClN2S/c1-8(2)6-7-17-13-10(5)11(14)15-12(16-13)9(3)4/h8-9H,6-7H2,1-5H3. The van der Waals surface area contributed by atoms with Gasteiger partial charge in [-0.15, -0.1) is 11.8 Å². The van der Waals surface area contributed by atoms with Crippen molar-refractivity contribution in [1.82, 2.24) is 9.97 Å². The maximum absolute atomic E-state index is 6.14. The first kappa shape index (κ1) is 14.8. The molecule has 17 heavy (non-hydrogen) atoms. The Morgan fingerprint density at radius 3 is 2.35 bits per heavy atom. The summed E-state index contributed by atoms with van der Waals surface area (Å²) in [6.45, 7) is 10.6. The summed E-state index contributed by atoms with van der Waals surface area (Å²) in [5.41, 5.74) is 1.00. The van der Waals surface area contributed by atoms with Crippen molar-refractivity contribution >= 4 is 23.4 Å². The van der Waals surface area contributed by atoms with Crippen molar-refractivity contribution in [2.24, 2.45) is 5.92 Å². The minimum Gasteiger partial charge on any atom is -0.226 e. The molecule has 0 amide bonds. The van der Waals surface area contributed by atoms with E-state index in [2.05, 4.69) is 37.7 Å². The fourth-order valence-corrected chi connectivity index (χ4v) is 2.76. The summed E-state index contributed by atoms with van der Waals surface area (Å²) in [4.78, 5) is 8.91. The number of nitrogens with zero attached hydrogens (tertiary/aromatic N) is 2. The van der Waals surface area contributed by atoms with E-state index in [1.165, 1.54) is 6.42 Å². The predicted octanol–water partition coefficient (Wildman–Crippen LogP) is 4.70. The summed E-state index contributed by atoms with van der Waals surface area (Å²) in [7, 11) is 0. The molecule has 0 radical (unpaired) electrons. The first-order valence-electron chi connectivity index (χ1n) is 6.08. The zero-order chi connectivity index (χ0) is 13.0. The Kier molecular flexibility index (Phi) is 5.74. The van der Waals surface area contributed by atoms with Gasteiger partial charge in [-0.3, -0.25) is 0 Å². The topological polar surface area (TPSA) is 25.8 Å². The highest BCUT2D eigenvalue weighted by Crippen LogP contribution is 2.27. The van der Waals surface area contributed by atoms with Gasteiger partial charge < -0.3 is 0 Å². The Morgan fingerprint density at radius 2 is 1.82 bits per heavy atom. The van der Waals surface area contributed by atoms with Crippen LogP contribution >= 0.6 is 23.4 Å². The number of rotatable bonds is 5. The molecule has 0 aliphatic heterocycles. The van der Waals surface area contributed by atoms with Gasteiger partial charge in [0.2, 0.25) is 0 Å². The molecule has 0 aliphatic carbocycles. The lowest BCUT2D eigenvalue weighted by Gasteiger charge is -2.11. The summed E-state index contributed by atoms with van der Waals surface area (Å²) in [5.74, 6) is 2.97. The van der Waals surface area contributed by atoms with Crippen LogP contribution in [0.5, 0.6) is 0 Å². The van der Waals surface area contributed by atoms with Gasteiger partial charge in [-0.25, -0.2) is 9.97 Å². The van der Waals surface area contributed by atoms with Crippen molar-refractivity contribution in [2.45, 2.75) is 52.0 Å². The number of hydrogen-bond donors (Lipinski definition) is 0. The van der Waals surface area contributed by atoms with E-state index in [1.54, 1.807) is 11.8 Å². The van der Waals surface area contributed by atoms with Crippen molar-refractivity contribution in [3.8, 4) is 0 Å². The molecule has 1 rings (SSSR count). The van der Waals surface area contributed by atoms with Crippen LogP contribution in [0.1, 0.15) is 51.4 Å². The van der Waals surface area contributed by atoms with Crippen LogP contribution in [0, 0.1) is 12.8 Å². The van der Waals surface area contributed by atoms with Gasteiger partial charge in [0, 0.05) is 11.5 Å². The van der Waals surface area contributed by atoms with E-state index in [4.69, 9.17) is 11.6 Å². The number of aromatic nitrogens is 2. The van der Waals surface area contributed by atoms with Crippen LogP contribution in [-0.4, -0.2) is 15.7 Å². The molecule has 0 atom stereocenters. The number of halogens is 1. The van der Waals surface area contributed by atoms with Crippen molar-refractivity contribution in [3.05, 3.63) is 16.5 Å². The molecule has 0 N–H and O–H groups in total. The fraction of sp³-hybridized carbons (Fsp3) is 0.692. The molecule has 2 nitrogen and oxygen atoms in total. The third kappa shape index (κ3) is 4.47. The molecular formula is C13H21ClN2S. The lowest BCUT2D eigenvalue weighted by atomic mass is 10.2. The van der Waals surface area contributed by atoms with Gasteiger partial charge in [0.1, 0.15) is 16.0 Å². The first-order chi connectivity index (χ1) is 7.91. The van der Waals surface area contributed by atoms with Crippen LogP contribution in [0.2, 0.25) is 5.15 Å². The molecule has 0 saturated heterocycles. The first-order valence-corrected chi connectivity index (χ1v) is 7.45. The maximum atomic E-state index is 6.14. The highest BCUT2D eigenvalue weighted by atomic mass is 35.5. The largest absolute Gasteiger partial charge is 0.226 e. The van der Waals surface area contributed by atoms with Gasteiger partial charge in [-0.1, -0.05) is 39.3 Å². The minimum atomic E-state index is 0.317. The maximum Gasteiger partial charge on any atom is 0.136 e. The molecular weight excluding hydrogens is 252 g/mol. The van der Waals surface area contributed by atoms with E-state index < -0.39 is 0 Å². The molecule has 1 aromatic rings. The molecule has 0 saturated carbocycles. The van der Waals surface area contributed by atoms with Gasteiger partial charge in [0.25, 0.3) is 0 Å². The van der Waals surface area contributed by atoms with E-state index in [0.717, 1.165) is 28.1 Å². The monoisotopic (exact) mass is 272 g/mol. The zero-order valence-electron chi connectivity index (χ0n) is 11.2. The second-order valence-corrected chi connectivity index (χ2v) is 6.43. The Hall–Kier alpha value is -0.280. The van der Waals surface area contributed by atoms with E-state index in [9.17, 15) is 0 Å². The van der Waals surface area contributed by atoms with Gasteiger partial charge in [0.05, 0.1) is 0 Å². The quantitative estimate of drug-likeness (QED) is 0.574. The Morgan fingerprint density at radius 1 is 1.18 bits per heavy atom. The zero-order valence-corrected chi connectivity index (χ0v) is 12.8. The summed E-state index contributed by atoms with van der Waals surface area (Å²) >= 11 is 7.93. The van der Waals surface area contributed by atoms with Crippen molar-refractivity contribution in [3.63, 3.8) is 0 Å². The van der Waals surface area contributed by atoms with Crippen molar-refractivity contribution in [1.29, 1.82) is 0 Å². The van der Waals surface area contributed by atoms with Crippen LogP contribution in [0.15, 0.2) is 5.03 Å². The van der Waals surface area contributed by atoms with Gasteiger partial charge in [0.15, 0.2) is 0 Å². The molecule has 1 heterocycles. The second-order valence-electron chi connectivity index (χ2n) is 4.99. The average Bonchev–Trinajstić information content (AvgIpc) is 2.23. The van der Waals surface area contributed by atoms with Crippen molar-refractivity contribution in [2.75, 3.05) is 5.75 Å². The van der Waals surface area contributed by atoms with Gasteiger partial charge in [-0.2, -0.15) is 0 Å². The third-order valence-corrected chi connectivity index (χ3v) is 3.99. The van der Waals surface area contributed by atoms with E-state index in [-0.39, 0.29) is 0 Å². The van der Waals surface area contributed by atoms with Crippen LogP contribution in [0.4, 0.5) is 0 Å². The summed E-state index contributed by atoms with van der Waals surface area (Å²) in [5, 5.41) is 1.63. The van der Waals surface area contributed by atoms with E-state index >= 15 is 0 Å². The third-order valence-electron chi connectivity index (χ3n) is 2.51. The van der Waals surface area contributed by atoms with Crippen LogP contribution in [0.3, 0.4) is 0 Å². The highest BCUT2D eigenvalue weighted by molar-refractivity contribution is 7.99. The van der Waals surface area contributed by atoms with Crippen LogP contribution in [0.25, 0.3) is 0 Å². The van der Waals surface area contributed by atoms with E-state index in [1.807, 2.05) is 6.92 Å². The second kappa shape index (κ2) is 6.60. The molecule has 0 aromatic carbocycles. The lowest BCUT2D eigenvalue weighted by Crippen LogP contribution is -2.02. The summed E-state index contributed by atoms with van der Waals surface area (Å²) in [6.07, 6.45) is 1.20. The Labute approximate surface area is 114 Å². The predicted molar refractivity (Wildman–Crippen MR) is 76.0 cm³/mol. The van der Waals surface area contributed by atoms with Crippen LogP contribution in [-0.2, 0) is 0 Å². The van der Waals surface area contributed by atoms with E-state index in [0.29, 0.717) is 11.1 Å². The van der Waals surface area contributed by atoms with Gasteiger partial charge >= 0.3 is 0 Å². The molecule has 0 spiro atoms. The smallest absolute Gasteiger partial charge is 0.136 e. The molecule has 0 unspecified atom stereocenters. The SMILES string of the molecule is Cc1c(Cl)nc(C(C)C)nc1SCCC(C)C. The molecule has 0 bridgehead atoms.